The molecule has 3 aromatic carbocycles. The van der Waals surface area contributed by atoms with Gasteiger partial charge in [-0.1, -0.05) is 48.5 Å². The Bertz CT molecular complexity index is 1140. The minimum Gasteiger partial charge on any atom is -0.435 e. The Morgan fingerprint density at radius 2 is 1.72 bits per heavy atom. The van der Waals surface area contributed by atoms with Gasteiger partial charge in [-0.2, -0.15) is 8.78 Å². The second-order valence-electron chi connectivity index (χ2n) is 7.58. The molecule has 4 rings (SSSR count). The molecule has 1 aliphatic rings. The average molecular weight is 436 g/mol. The molecule has 2 N–H and O–H groups in total. The number of primary amides is 1. The maximum absolute atomic E-state index is 13.5. The fourth-order valence-electron chi connectivity index (χ4n) is 4.28. The van der Waals surface area contributed by atoms with E-state index >= 15 is 0 Å². The summed E-state index contributed by atoms with van der Waals surface area (Å²) in [6.07, 6.45) is 1.05. The van der Waals surface area contributed by atoms with Gasteiger partial charge in [0.25, 0.3) is 5.91 Å². The van der Waals surface area contributed by atoms with Gasteiger partial charge in [0.1, 0.15) is 5.75 Å². The van der Waals surface area contributed by atoms with Crippen molar-refractivity contribution >= 4 is 11.8 Å². The number of alkyl halides is 2. The second kappa shape index (κ2) is 9.18. The highest BCUT2D eigenvalue weighted by Crippen LogP contribution is 2.42. The van der Waals surface area contributed by atoms with Crippen LogP contribution in [0.3, 0.4) is 0 Å². The molecule has 0 aromatic heterocycles. The fourth-order valence-corrected chi connectivity index (χ4v) is 4.28. The number of rotatable bonds is 7. The van der Waals surface area contributed by atoms with E-state index in [4.69, 9.17) is 10.5 Å². The van der Waals surface area contributed by atoms with Crippen LogP contribution in [0.15, 0.2) is 72.8 Å². The highest BCUT2D eigenvalue weighted by molar-refractivity contribution is 5.96. The first-order valence-electron chi connectivity index (χ1n) is 10.3. The predicted molar refractivity (Wildman–Crippen MR) is 115 cm³/mol. The third-order valence-electron chi connectivity index (χ3n) is 5.69. The SMILES string of the molecule is NC(=O)c1ccccc1CN(C(=O)c1ccccc1)[C@@H]1CCc2c(OC(F)F)cccc21. The Morgan fingerprint density at radius 3 is 2.44 bits per heavy atom. The molecule has 0 heterocycles. The van der Waals surface area contributed by atoms with Crippen LogP contribution in [0, 0.1) is 0 Å². The summed E-state index contributed by atoms with van der Waals surface area (Å²) in [6, 6.07) is 20.3. The van der Waals surface area contributed by atoms with Crippen LogP contribution in [-0.4, -0.2) is 23.3 Å². The first-order chi connectivity index (χ1) is 15.5. The van der Waals surface area contributed by atoms with Crippen LogP contribution in [0.1, 0.15) is 49.9 Å². The summed E-state index contributed by atoms with van der Waals surface area (Å²) in [6.45, 7) is -2.78. The lowest BCUT2D eigenvalue weighted by Crippen LogP contribution is -2.34. The van der Waals surface area contributed by atoms with E-state index in [0.717, 1.165) is 5.56 Å². The highest BCUT2D eigenvalue weighted by Gasteiger charge is 2.34. The number of carbonyl (C=O) groups is 2. The molecule has 3 aromatic rings. The number of halogens is 2. The van der Waals surface area contributed by atoms with E-state index < -0.39 is 12.5 Å². The van der Waals surface area contributed by atoms with Crippen molar-refractivity contribution in [2.45, 2.75) is 32.0 Å². The molecular weight excluding hydrogens is 414 g/mol. The number of fused-ring (bicyclic) bond motifs is 1. The van der Waals surface area contributed by atoms with Gasteiger partial charge in [0, 0.05) is 17.7 Å². The van der Waals surface area contributed by atoms with Crippen molar-refractivity contribution < 1.29 is 23.1 Å². The fraction of sp³-hybridized carbons (Fsp3) is 0.200. The molecule has 32 heavy (non-hydrogen) atoms. The molecule has 0 bridgehead atoms. The van der Waals surface area contributed by atoms with Crippen molar-refractivity contribution in [2.24, 2.45) is 5.73 Å². The Hall–Kier alpha value is -3.74. The van der Waals surface area contributed by atoms with Crippen LogP contribution in [-0.2, 0) is 13.0 Å². The van der Waals surface area contributed by atoms with Crippen molar-refractivity contribution in [2.75, 3.05) is 0 Å². The molecule has 164 valence electrons. The van der Waals surface area contributed by atoms with Crippen molar-refractivity contribution in [3.8, 4) is 5.75 Å². The zero-order chi connectivity index (χ0) is 22.7. The van der Waals surface area contributed by atoms with Crippen LogP contribution in [0.5, 0.6) is 5.75 Å². The lowest BCUT2D eigenvalue weighted by molar-refractivity contribution is -0.0504. The molecule has 0 saturated heterocycles. The zero-order valence-corrected chi connectivity index (χ0v) is 17.2. The van der Waals surface area contributed by atoms with Crippen LogP contribution >= 0.6 is 0 Å². The quantitative estimate of drug-likeness (QED) is 0.583. The topological polar surface area (TPSA) is 72.6 Å². The van der Waals surface area contributed by atoms with Crippen molar-refractivity contribution in [1.82, 2.24) is 4.90 Å². The third-order valence-corrected chi connectivity index (χ3v) is 5.69. The van der Waals surface area contributed by atoms with Crippen LogP contribution < -0.4 is 10.5 Å². The van der Waals surface area contributed by atoms with Crippen molar-refractivity contribution in [1.29, 1.82) is 0 Å². The van der Waals surface area contributed by atoms with Crippen LogP contribution in [0.2, 0.25) is 0 Å². The lowest BCUT2D eigenvalue weighted by Gasteiger charge is -2.31. The van der Waals surface area contributed by atoms with Gasteiger partial charge in [-0.15, -0.1) is 0 Å². The first kappa shape index (κ1) is 21.5. The summed E-state index contributed by atoms with van der Waals surface area (Å²) in [5, 5.41) is 0. The number of hydrogen-bond donors (Lipinski definition) is 1. The van der Waals surface area contributed by atoms with E-state index in [2.05, 4.69) is 0 Å². The molecule has 0 aliphatic heterocycles. The van der Waals surface area contributed by atoms with Gasteiger partial charge in [-0.25, -0.2) is 0 Å². The van der Waals surface area contributed by atoms with Gasteiger partial charge < -0.3 is 15.4 Å². The molecule has 0 fully saturated rings. The number of nitrogens with zero attached hydrogens (tertiary/aromatic N) is 1. The van der Waals surface area contributed by atoms with Gasteiger partial charge in [0.05, 0.1) is 6.04 Å². The average Bonchev–Trinajstić information content (AvgIpc) is 3.22. The number of ether oxygens (including phenoxy) is 1. The van der Waals surface area contributed by atoms with Gasteiger partial charge in [0.15, 0.2) is 0 Å². The van der Waals surface area contributed by atoms with Gasteiger partial charge in [-0.3, -0.25) is 9.59 Å². The number of amides is 2. The zero-order valence-electron chi connectivity index (χ0n) is 17.2. The first-order valence-corrected chi connectivity index (χ1v) is 10.3. The van der Waals surface area contributed by atoms with Crippen LogP contribution in [0.25, 0.3) is 0 Å². The standard InChI is InChI=1S/C25H22F2N2O3/c26-25(27)32-22-12-6-11-19-20(22)13-14-21(19)29(24(31)16-7-2-1-3-8-16)15-17-9-4-5-10-18(17)23(28)30/h1-12,21,25H,13-15H2,(H2,28,30)/t21-/m1/s1. The van der Waals surface area contributed by atoms with Crippen LogP contribution in [0.4, 0.5) is 8.78 Å². The molecule has 2 amide bonds. The Labute approximate surface area is 184 Å². The molecule has 1 atom stereocenters. The summed E-state index contributed by atoms with van der Waals surface area (Å²) >= 11 is 0. The third kappa shape index (κ3) is 4.32. The number of hydrogen-bond acceptors (Lipinski definition) is 3. The molecule has 7 heteroatoms. The molecule has 0 radical (unpaired) electrons. The van der Waals surface area contributed by atoms with Crippen molar-refractivity contribution in [3.63, 3.8) is 0 Å². The van der Waals surface area contributed by atoms with E-state index in [-0.39, 0.29) is 24.2 Å². The summed E-state index contributed by atoms with van der Waals surface area (Å²) < 4.78 is 30.4. The summed E-state index contributed by atoms with van der Waals surface area (Å²) in [5.41, 5.74) is 8.44. The van der Waals surface area contributed by atoms with Gasteiger partial charge in [-0.05, 0) is 53.8 Å². The van der Waals surface area contributed by atoms with E-state index in [1.54, 1.807) is 59.5 Å². The molecule has 0 unspecified atom stereocenters. The van der Waals surface area contributed by atoms with E-state index in [9.17, 15) is 18.4 Å². The minimum absolute atomic E-state index is 0.129. The Balaban J connectivity index is 1.75. The largest absolute Gasteiger partial charge is 0.435 e. The second-order valence-corrected chi connectivity index (χ2v) is 7.58. The highest BCUT2D eigenvalue weighted by atomic mass is 19.3. The minimum atomic E-state index is -2.93. The lowest BCUT2D eigenvalue weighted by atomic mass is 10.0. The summed E-state index contributed by atoms with van der Waals surface area (Å²) in [5.74, 6) is -0.667. The summed E-state index contributed by atoms with van der Waals surface area (Å²) in [4.78, 5) is 27.2. The smallest absolute Gasteiger partial charge is 0.387 e. The predicted octanol–water partition coefficient (Wildman–Crippen LogP) is 4.72. The number of nitrogens with two attached hydrogens (primary N) is 1. The van der Waals surface area contributed by atoms with Crippen molar-refractivity contribution in [3.05, 3.63) is 101 Å². The molecular formula is C25H22F2N2O3. The van der Waals surface area contributed by atoms with Gasteiger partial charge >= 0.3 is 6.61 Å². The molecule has 0 saturated carbocycles. The van der Waals surface area contributed by atoms with E-state index in [1.165, 1.54) is 6.07 Å². The van der Waals surface area contributed by atoms with E-state index in [0.29, 0.717) is 35.1 Å². The Kier molecular flexibility index (Phi) is 6.16. The maximum Gasteiger partial charge on any atom is 0.387 e. The maximum atomic E-state index is 13.5. The normalized spacial score (nSPS) is 14.8. The summed E-state index contributed by atoms with van der Waals surface area (Å²) in [7, 11) is 0. The van der Waals surface area contributed by atoms with E-state index in [1.807, 2.05) is 12.1 Å². The monoisotopic (exact) mass is 436 g/mol. The van der Waals surface area contributed by atoms with Gasteiger partial charge in [0.2, 0.25) is 5.91 Å². The number of carbonyl (C=O) groups excluding carboxylic acids is 2. The molecule has 1 aliphatic carbocycles. The Morgan fingerprint density at radius 1 is 1.00 bits per heavy atom. The number of benzene rings is 3. The molecule has 0 spiro atoms. The molecule has 5 nitrogen and oxygen atoms in total.